The van der Waals surface area contributed by atoms with Crippen LogP contribution in [0.2, 0.25) is 10.0 Å². The molecule has 5 heteroatoms. The first-order valence-corrected chi connectivity index (χ1v) is 6.33. The van der Waals surface area contributed by atoms with Crippen molar-refractivity contribution in [2.75, 3.05) is 0 Å². The van der Waals surface area contributed by atoms with Crippen molar-refractivity contribution in [3.05, 3.63) is 63.6 Å². The summed E-state index contributed by atoms with van der Waals surface area (Å²) in [6.07, 6.45) is 0. The molecule has 19 heavy (non-hydrogen) atoms. The molecule has 0 aromatic heterocycles. The average Bonchev–Trinajstić information content (AvgIpc) is 2.40. The largest absolute Gasteiger partial charge is 0.489 e. The van der Waals surface area contributed by atoms with Gasteiger partial charge in [0.15, 0.2) is 0 Å². The van der Waals surface area contributed by atoms with Crippen molar-refractivity contribution in [1.82, 2.24) is 0 Å². The molecular formula is C14H12Cl2N2O. The number of nitrogen functional groups attached to an aromatic ring is 1. The van der Waals surface area contributed by atoms with Gasteiger partial charge in [-0.1, -0.05) is 23.2 Å². The second-order valence-corrected chi connectivity index (χ2v) is 4.81. The predicted molar refractivity (Wildman–Crippen MR) is 78.3 cm³/mol. The Morgan fingerprint density at radius 3 is 2.42 bits per heavy atom. The number of hydrogen-bond acceptors (Lipinski definition) is 2. The van der Waals surface area contributed by atoms with E-state index in [9.17, 15) is 0 Å². The zero-order chi connectivity index (χ0) is 13.8. The standard InChI is InChI=1S/C14H12Cl2N2O/c15-11-3-6-13(16)10(7-11)8-19-12-4-1-9(2-5-12)14(17)18/h1-7H,8H2,(H3,17,18). The van der Waals surface area contributed by atoms with Crippen LogP contribution in [0.4, 0.5) is 0 Å². The molecule has 0 atom stereocenters. The Balaban J connectivity index is 2.06. The maximum atomic E-state index is 7.30. The van der Waals surface area contributed by atoms with Crippen LogP contribution in [-0.2, 0) is 6.61 Å². The van der Waals surface area contributed by atoms with Gasteiger partial charge in [0, 0.05) is 21.2 Å². The highest BCUT2D eigenvalue weighted by Crippen LogP contribution is 2.22. The van der Waals surface area contributed by atoms with Gasteiger partial charge in [0.25, 0.3) is 0 Å². The molecule has 0 bridgehead atoms. The number of nitrogens with one attached hydrogen (secondary N) is 1. The molecule has 2 aromatic rings. The zero-order valence-corrected chi connectivity index (χ0v) is 11.5. The molecule has 98 valence electrons. The van der Waals surface area contributed by atoms with E-state index in [1.54, 1.807) is 42.5 Å². The summed E-state index contributed by atoms with van der Waals surface area (Å²) < 4.78 is 5.61. The summed E-state index contributed by atoms with van der Waals surface area (Å²) in [5.41, 5.74) is 6.86. The molecule has 2 rings (SSSR count). The molecule has 3 N–H and O–H groups in total. The lowest BCUT2D eigenvalue weighted by atomic mass is 10.2. The average molecular weight is 295 g/mol. The van der Waals surface area contributed by atoms with Crippen LogP contribution in [0.5, 0.6) is 5.75 Å². The van der Waals surface area contributed by atoms with Crippen LogP contribution in [0.25, 0.3) is 0 Å². The fourth-order valence-corrected chi connectivity index (χ4v) is 1.91. The number of halogens is 2. The predicted octanol–water partition coefficient (Wildman–Crippen LogP) is 3.86. The van der Waals surface area contributed by atoms with Gasteiger partial charge in [-0.15, -0.1) is 0 Å². The molecule has 0 amide bonds. The Kier molecular flexibility index (Phi) is 4.30. The highest BCUT2D eigenvalue weighted by molar-refractivity contribution is 6.33. The minimum absolute atomic E-state index is 0.0319. The van der Waals surface area contributed by atoms with Gasteiger partial charge in [-0.3, -0.25) is 5.41 Å². The lowest BCUT2D eigenvalue weighted by molar-refractivity contribution is 0.306. The molecule has 0 fully saturated rings. The number of benzene rings is 2. The summed E-state index contributed by atoms with van der Waals surface area (Å²) in [6.45, 7) is 0.332. The SMILES string of the molecule is N=C(N)c1ccc(OCc2cc(Cl)ccc2Cl)cc1. The zero-order valence-electron chi connectivity index (χ0n) is 9.99. The van der Waals surface area contributed by atoms with Crippen molar-refractivity contribution in [2.24, 2.45) is 5.73 Å². The summed E-state index contributed by atoms with van der Waals surface area (Å²) >= 11 is 11.9. The minimum atomic E-state index is 0.0319. The number of nitrogens with two attached hydrogens (primary N) is 1. The molecule has 0 saturated carbocycles. The van der Waals surface area contributed by atoms with Crippen molar-refractivity contribution >= 4 is 29.0 Å². The molecule has 0 radical (unpaired) electrons. The summed E-state index contributed by atoms with van der Waals surface area (Å²) in [5.74, 6) is 0.713. The second kappa shape index (κ2) is 5.95. The molecule has 0 spiro atoms. The molecule has 0 aliphatic heterocycles. The Bertz CT molecular complexity index is 597. The first kappa shape index (κ1) is 13.7. The van der Waals surface area contributed by atoms with E-state index in [1.807, 2.05) is 0 Å². The van der Waals surface area contributed by atoms with E-state index in [0.29, 0.717) is 28.0 Å². The monoisotopic (exact) mass is 294 g/mol. The smallest absolute Gasteiger partial charge is 0.122 e. The van der Waals surface area contributed by atoms with Crippen LogP contribution in [0.3, 0.4) is 0 Å². The maximum Gasteiger partial charge on any atom is 0.122 e. The Hall–Kier alpha value is -1.71. The molecule has 2 aromatic carbocycles. The van der Waals surface area contributed by atoms with Crippen LogP contribution < -0.4 is 10.5 Å². The Morgan fingerprint density at radius 1 is 1.11 bits per heavy atom. The molecule has 0 aliphatic rings. The van der Waals surface area contributed by atoms with E-state index in [4.69, 9.17) is 39.1 Å². The van der Waals surface area contributed by atoms with Gasteiger partial charge in [-0.2, -0.15) is 0 Å². The Morgan fingerprint density at radius 2 is 1.79 bits per heavy atom. The van der Waals surface area contributed by atoms with Crippen LogP contribution in [0.1, 0.15) is 11.1 Å². The van der Waals surface area contributed by atoms with Crippen LogP contribution in [0, 0.1) is 5.41 Å². The van der Waals surface area contributed by atoms with Gasteiger partial charge >= 0.3 is 0 Å². The van der Waals surface area contributed by atoms with Crippen molar-refractivity contribution in [2.45, 2.75) is 6.61 Å². The van der Waals surface area contributed by atoms with E-state index in [0.717, 1.165) is 5.56 Å². The van der Waals surface area contributed by atoms with E-state index in [-0.39, 0.29) is 5.84 Å². The van der Waals surface area contributed by atoms with Crippen LogP contribution >= 0.6 is 23.2 Å². The number of rotatable bonds is 4. The number of amidine groups is 1. The summed E-state index contributed by atoms with van der Waals surface area (Å²) in [7, 11) is 0. The van der Waals surface area contributed by atoms with Crippen molar-refractivity contribution < 1.29 is 4.74 Å². The van der Waals surface area contributed by atoms with E-state index in [2.05, 4.69) is 0 Å². The first-order chi connectivity index (χ1) is 9.06. The number of ether oxygens (including phenoxy) is 1. The molecule has 0 heterocycles. The molecular weight excluding hydrogens is 283 g/mol. The fourth-order valence-electron chi connectivity index (χ4n) is 1.55. The summed E-state index contributed by atoms with van der Waals surface area (Å²) in [6, 6.07) is 12.2. The molecule has 3 nitrogen and oxygen atoms in total. The molecule has 0 saturated heterocycles. The van der Waals surface area contributed by atoms with Gasteiger partial charge in [-0.05, 0) is 42.5 Å². The van der Waals surface area contributed by atoms with Gasteiger partial charge in [0.1, 0.15) is 18.2 Å². The highest BCUT2D eigenvalue weighted by Gasteiger charge is 2.03. The topological polar surface area (TPSA) is 59.1 Å². The quantitative estimate of drug-likeness (QED) is 0.664. The summed E-state index contributed by atoms with van der Waals surface area (Å²) in [5, 5.41) is 8.53. The minimum Gasteiger partial charge on any atom is -0.489 e. The van der Waals surface area contributed by atoms with Gasteiger partial charge in [-0.25, -0.2) is 0 Å². The Labute approximate surface area is 121 Å². The fraction of sp³-hybridized carbons (Fsp3) is 0.0714. The van der Waals surface area contributed by atoms with Crippen molar-refractivity contribution in [3.63, 3.8) is 0 Å². The van der Waals surface area contributed by atoms with E-state index in [1.165, 1.54) is 0 Å². The molecule has 0 unspecified atom stereocenters. The third-order valence-corrected chi connectivity index (χ3v) is 3.17. The normalized spacial score (nSPS) is 10.2. The van der Waals surface area contributed by atoms with Gasteiger partial charge in [0.2, 0.25) is 0 Å². The first-order valence-electron chi connectivity index (χ1n) is 5.57. The second-order valence-electron chi connectivity index (χ2n) is 3.96. The van der Waals surface area contributed by atoms with Gasteiger partial charge in [0.05, 0.1) is 0 Å². The van der Waals surface area contributed by atoms with Crippen LogP contribution in [0.15, 0.2) is 42.5 Å². The van der Waals surface area contributed by atoms with Gasteiger partial charge < -0.3 is 10.5 Å². The lowest BCUT2D eigenvalue weighted by Crippen LogP contribution is -2.10. The third kappa shape index (κ3) is 3.63. The van der Waals surface area contributed by atoms with Crippen molar-refractivity contribution in [3.8, 4) is 5.75 Å². The maximum absolute atomic E-state index is 7.30. The lowest BCUT2D eigenvalue weighted by Gasteiger charge is -2.08. The molecule has 0 aliphatic carbocycles. The van der Waals surface area contributed by atoms with E-state index < -0.39 is 0 Å². The summed E-state index contributed by atoms with van der Waals surface area (Å²) in [4.78, 5) is 0. The number of hydrogen-bond donors (Lipinski definition) is 2. The van der Waals surface area contributed by atoms with E-state index >= 15 is 0 Å². The van der Waals surface area contributed by atoms with Crippen LogP contribution in [-0.4, -0.2) is 5.84 Å². The highest BCUT2D eigenvalue weighted by atomic mass is 35.5. The third-order valence-electron chi connectivity index (χ3n) is 2.57. The van der Waals surface area contributed by atoms with Crippen molar-refractivity contribution in [1.29, 1.82) is 5.41 Å².